The number of amides is 1. The number of esters is 1. The molecule has 0 aromatic rings. The quantitative estimate of drug-likeness (QED) is 0.0328. The monoisotopic (exact) mass is 750 g/mol. The predicted octanol–water partition coefficient (Wildman–Crippen LogP) is 13.4. The second-order valence-corrected chi connectivity index (χ2v) is 16.2. The molecule has 6 heteroatoms. The summed E-state index contributed by atoms with van der Waals surface area (Å²) in [4.78, 5) is 25.9. The summed E-state index contributed by atoms with van der Waals surface area (Å²) in [6.45, 7) is 6.44. The van der Waals surface area contributed by atoms with Crippen LogP contribution < -0.4 is 5.32 Å². The number of rotatable bonds is 42. The van der Waals surface area contributed by atoms with Crippen LogP contribution >= 0.6 is 0 Å². The van der Waals surface area contributed by atoms with Crippen LogP contribution in [0.15, 0.2) is 12.2 Å². The lowest BCUT2D eigenvalue weighted by molar-refractivity contribution is -0.151. The third kappa shape index (κ3) is 37.3. The molecule has 0 aliphatic rings. The summed E-state index contributed by atoms with van der Waals surface area (Å²) < 4.78 is 5.88. The van der Waals surface area contributed by atoms with Gasteiger partial charge in [0.05, 0.1) is 25.2 Å². The van der Waals surface area contributed by atoms with Crippen LogP contribution in [0.1, 0.15) is 252 Å². The molecule has 0 radical (unpaired) electrons. The van der Waals surface area contributed by atoms with Gasteiger partial charge in [-0.05, 0) is 51.4 Å². The molecule has 0 heterocycles. The van der Waals surface area contributed by atoms with Crippen LogP contribution in [-0.4, -0.2) is 46.9 Å². The van der Waals surface area contributed by atoms with Crippen molar-refractivity contribution in [2.75, 3.05) is 6.61 Å². The van der Waals surface area contributed by atoms with Gasteiger partial charge < -0.3 is 20.3 Å². The first-order valence-electron chi connectivity index (χ1n) is 23.4. The Hall–Kier alpha value is -1.40. The van der Waals surface area contributed by atoms with Crippen LogP contribution in [0.4, 0.5) is 0 Å². The van der Waals surface area contributed by atoms with Crippen LogP contribution in [0.25, 0.3) is 0 Å². The van der Waals surface area contributed by atoms with E-state index in [-0.39, 0.29) is 24.9 Å². The normalized spacial score (nSPS) is 13.4. The number of aliphatic hydroxyl groups is 2. The third-order valence-corrected chi connectivity index (χ3v) is 10.8. The second-order valence-electron chi connectivity index (χ2n) is 16.2. The highest BCUT2D eigenvalue weighted by molar-refractivity contribution is 5.77. The highest BCUT2D eigenvalue weighted by atomic mass is 16.5. The molecule has 0 rings (SSSR count). The zero-order chi connectivity index (χ0) is 38.9. The van der Waals surface area contributed by atoms with Gasteiger partial charge in [0.25, 0.3) is 0 Å². The van der Waals surface area contributed by atoms with Crippen LogP contribution in [0.5, 0.6) is 0 Å². The maximum absolute atomic E-state index is 13.1. The van der Waals surface area contributed by atoms with Gasteiger partial charge in [-0.15, -0.1) is 0 Å². The Balaban J connectivity index is 4.37. The summed E-state index contributed by atoms with van der Waals surface area (Å²) in [5.74, 6) is -0.474. The van der Waals surface area contributed by atoms with Crippen LogP contribution in [0.3, 0.4) is 0 Å². The molecular formula is C47H91NO5. The van der Waals surface area contributed by atoms with E-state index in [1.165, 1.54) is 161 Å². The molecule has 0 aliphatic heterocycles. The van der Waals surface area contributed by atoms with E-state index in [9.17, 15) is 19.8 Å². The lowest BCUT2D eigenvalue weighted by Gasteiger charge is -2.24. The number of carbonyl (C=O) groups is 2. The maximum Gasteiger partial charge on any atom is 0.306 e. The number of carbonyl (C=O) groups excluding carboxylic acids is 2. The molecule has 3 N–H and O–H groups in total. The first kappa shape index (κ1) is 51.6. The van der Waals surface area contributed by atoms with Crippen LogP contribution in [0.2, 0.25) is 0 Å². The van der Waals surface area contributed by atoms with E-state index >= 15 is 0 Å². The van der Waals surface area contributed by atoms with Gasteiger partial charge in [0.2, 0.25) is 5.91 Å². The molecule has 0 spiro atoms. The Bertz CT molecular complexity index is 802. The standard InChI is InChI=1S/C47H91NO5/c1-4-7-10-13-16-18-20-21-22-23-24-25-26-28-31-34-37-40-47(52)53-43(38-35-32-29-15-12-9-6-3)41-46(51)48-44(42-49)45(50)39-36-33-30-27-19-17-14-11-8-5-2/h21-22,43-45,49-50H,4-20,23-42H2,1-3H3,(H,48,51)/b22-21+. The minimum absolute atomic E-state index is 0.0806. The molecule has 0 saturated carbocycles. The number of unbranched alkanes of at least 4 members (excludes halogenated alkanes) is 28. The summed E-state index contributed by atoms with van der Waals surface area (Å²) in [6, 6.07) is -0.692. The summed E-state index contributed by atoms with van der Waals surface area (Å²) in [5, 5.41) is 23.5. The Labute approximate surface area is 329 Å². The Morgan fingerprint density at radius 1 is 0.528 bits per heavy atom. The fourth-order valence-electron chi connectivity index (χ4n) is 7.25. The summed E-state index contributed by atoms with van der Waals surface area (Å²) in [6.07, 6.45) is 44.3. The Morgan fingerprint density at radius 2 is 0.906 bits per heavy atom. The molecule has 0 bridgehead atoms. The predicted molar refractivity (Wildman–Crippen MR) is 227 cm³/mol. The molecule has 3 atom stereocenters. The summed E-state index contributed by atoms with van der Waals surface area (Å²) in [5.41, 5.74) is 0. The molecule has 314 valence electrons. The molecule has 1 amide bonds. The molecule has 0 aliphatic carbocycles. The number of allylic oxidation sites excluding steroid dienone is 2. The van der Waals surface area contributed by atoms with E-state index in [4.69, 9.17) is 4.74 Å². The lowest BCUT2D eigenvalue weighted by atomic mass is 10.0. The molecule has 0 saturated heterocycles. The molecule has 0 fully saturated rings. The van der Waals surface area contributed by atoms with Crippen molar-refractivity contribution in [2.45, 2.75) is 270 Å². The van der Waals surface area contributed by atoms with Gasteiger partial charge in [0.1, 0.15) is 6.10 Å². The van der Waals surface area contributed by atoms with Gasteiger partial charge in [-0.25, -0.2) is 0 Å². The summed E-state index contributed by atoms with van der Waals surface area (Å²) in [7, 11) is 0. The number of ether oxygens (including phenoxy) is 1. The van der Waals surface area contributed by atoms with E-state index in [1.807, 2.05) is 0 Å². The average molecular weight is 750 g/mol. The molecule has 3 unspecified atom stereocenters. The third-order valence-electron chi connectivity index (χ3n) is 10.8. The average Bonchev–Trinajstić information content (AvgIpc) is 3.15. The minimum Gasteiger partial charge on any atom is -0.462 e. The zero-order valence-electron chi connectivity index (χ0n) is 35.7. The van der Waals surface area contributed by atoms with Crippen molar-refractivity contribution in [3.8, 4) is 0 Å². The van der Waals surface area contributed by atoms with E-state index < -0.39 is 18.2 Å². The molecule has 6 nitrogen and oxygen atoms in total. The van der Waals surface area contributed by atoms with Gasteiger partial charge in [-0.2, -0.15) is 0 Å². The topological polar surface area (TPSA) is 95.9 Å². The van der Waals surface area contributed by atoms with Gasteiger partial charge in [-0.3, -0.25) is 9.59 Å². The molecular weight excluding hydrogens is 659 g/mol. The van der Waals surface area contributed by atoms with Crippen molar-refractivity contribution in [3.63, 3.8) is 0 Å². The van der Waals surface area contributed by atoms with Crippen molar-refractivity contribution in [1.82, 2.24) is 5.32 Å². The lowest BCUT2D eigenvalue weighted by Crippen LogP contribution is -2.46. The summed E-state index contributed by atoms with van der Waals surface area (Å²) >= 11 is 0. The maximum atomic E-state index is 13.1. The highest BCUT2D eigenvalue weighted by Crippen LogP contribution is 2.18. The van der Waals surface area contributed by atoms with Crippen molar-refractivity contribution in [2.24, 2.45) is 0 Å². The van der Waals surface area contributed by atoms with Gasteiger partial charge in [0, 0.05) is 6.42 Å². The largest absolute Gasteiger partial charge is 0.462 e. The zero-order valence-corrected chi connectivity index (χ0v) is 35.7. The fraction of sp³-hybridized carbons (Fsp3) is 0.915. The molecule has 0 aromatic carbocycles. The molecule has 0 aromatic heterocycles. The van der Waals surface area contributed by atoms with E-state index in [2.05, 4.69) is 38.2 Å². The van der Waals surface area contributed by atoms with E-state index in [0.29, 0.717) is 19.3 Å². The first-order valence-corrected chi connectivity index (χ1v) is 23.4. The Morgan fingerprint density at radius 3 is 1.34 bits per heavy atom. The van der Waals surface area contributed by atoms with Crippen LogP contribution in [-0.2, 0) is 14.3 Å². The fourth-order valence-corrected chi connectivity index (χ4v) is 7.25. The van der Waals surface area contributed by atoms with Gasteiger partial charge >= 0.3 is 5.97 Å². The number of hydrogen-bond donors (Lipinski definition) is 3. The van der Waals surface area contributed by atoms with Crippen molar-refractivity contribution < 1.29 is 24.5 Å². The minimum atomic E-state index is -0.779. The highest BCUT2D eigenvalue weighted by Gasteiger charge is 2.24. The van der Waals surface area contributed by atoms with E-state index in [0.717, 1.165) is 44.9 Å². The second kappa shape index (κ2) is 41.8. The first-order chi connectivity index (χ1) is 26.0. The van der Waals surface area contributed by atoms with Gasteiger partial charge in [-0.1, -0.05) is 200 Å². The van der Waals surface area contributed by atoms with E-state index in [1.54, 1.807) is 0 Å². The van der Waals surface area contributed by atoms with Crippen molar-refractivity contribution >= 4 is 11.9 Å². The number of hydrogen-bond acceptors (Lipinski definition) is 5. The van der Waals surface area contributed by atoms with Crippen LogP contribution in [0, 0.1) is 0 Å². The van der Waals surface area contributed by atoms with Crippen molar-refractivity contribution in [3.05, 3.63) is 12.2 Å². The SMILES string of the molecule is CCCCCCCC/C=C/CCCCCCCCCC(=O)OC(CCCCCCCCC)CC(=O)NC(CO)C(O)CCCCCCCCCCCC. The smallest absolute Gasteiger partial charge is 0.306 e. The van der Waals surface area contributed by atoms with Crippen molar-refractivity contribution in [1.29, 1.82) is 0 Å². The molecule has 53 heavy (non-hydrogen) atoms. The Kier molecular flexibility index (Phi) is 40.7. The number of aliphatic hydroxyl groups excluding tert-OH is 2. The van der Waals surface area contributed by atoms with Gasteiger partial charge in [0.15, 0.2) is 0 Å². The number of nitrogens with one attached hydrogen (secondary N) is 1.